The lowest BCUT2D eigenvalue weighted by atomic mass is 10.0. The van der Waals surface area contributed by atoms with Crippen molar-refractivity contribution in [2.24, 2.45) is 0 Å². The molecule has 0 spiro atoms. The molecule has 1 unspecified atom stereocenters. The molecule has 0 saturated heterocycles. The minimum atomic E-state index is -0.0630. The molecule has 0 bridgehead atoms. The number of methoxy groups -OCH3 is 1. The van der Waals surface area contributed by atoms with Crippen molar-refractivity contribution in [1.29, 1.82) is 0 Å². The number of aliphatic hydroxyl groups is 1. The standard InChI is InChI=1S/C17H21NO2/c1-20-13-15-8-5-9-16(10-15)17(12-19)18-11-14-6-3-2-4-7-14/h2-10,17-19H,11-13H2,1H3. The lowest BCUT2D eigenvalue weighted by Gasteiger charge is -2.17. The summed E-state index contributed by atoms with van der Waals surface area (Å²) in [6.45, 7) is 1.40. The Kier molecular flexibility index (Phi) is 5.74. The predicted octanol–water partition coefficient (Wildman–Crippen LogP) is 2.66. The first-order valence-electron chi connectivity index (χ1n) is 6.79. The van der Waals surface area contributed by atoms with Crippen LogP contribution in [0.2, 0.25) is 0 Å². The number of benzene rings is 2. The van der Waals surface area contributed by atoms with Crippen LogP contribution < -0.4 is 5.32 Å². The average Bonchev–Trinajstić information content (AvgIpc) is 2.50. The molecule has 0 aliphatic heterocycles. The fourth-order valence-electron chi connectivity index (χ4n) is 2.19. The highest BCUT2D eigenvalue weighted by Crippen LogP contribution is 2.15. The molecular formula is C17H21NO2. The zero-order chi connectivity index (χ0) is 14.2. The highest BCUT2D eigenvalue weighted by molar-refractivity contribution is 5.26. The summed E-state index contributed by atoms with van der Waals surface area (Å²) in [7, 11) is 1.68. The van der Waals surface area contributed by atoms with Gasteiger partial charge in [-0.2, -0.15) is 0 Å². The average molecular weight is 271 g/mol. The van der Waals surface area contributed by atoms with Crippen molar-refractivity contribution in [1.82, 2.24) is 5.32 Å². The minimum Gasteiger partial charge on any atom is -0.394 e. The summed E-state index contributed by atoms with van der Waals surface area (Å²) in [5, 5.41) is 13.0. The smallest absolute Gasteiger partial charge is 0.0713 e. The van der Waals surface area contributed by atoms with Gasteiger partial charge in [-0.3, -0.25) is 0 Å². The van der Waals surface area contributed by atoms with Gasteiger partial charge in [0.1, 0.15) is 0 Å². The van der Waals surface area contributed by atoms with E-state index in [-0.39, 0.29) is 12.6 Å². The monoisotopic (exact) mass is 271 g/mol. The van der Waals surface area contributed by atoms with Gasteiger partial charge < -0.3 is 15.2 Å². The molecular weight excluding hydrogens is 250 g/mol. The van der Waals surface area contributed by atoms with Crippen molar-refractivity contribution in [3.8, 4) is 0 Å². The van der Waals surface area contributed by atoms with Crippen molar-refractivity contribution < 1.29 is 9.84 Å². The first-order valence-corrected chi connectivity index (χ1v) is 6.79. The molecule has 0 heterocycles. The maximum absolute atomic E-state index is 9.58. The lowest BCUT2D eigenvalue weighted by Crippen LogP contribution is -2.24. The molecule has 2 aromatic carbocycles. The maximum Gasteiger partial charge on any atom is 0.0713 e. The van der Waals surface area contributed by atoms with Crippen LogP contribution in [0.4, 0.5) is 0 Å². The molecule has 0 aromatic heterocycles. The van der Waals surface area contributed by atoms with E-state index in [1.54, 1.807) is 7.11 Å². The largest absolute Gasteiger partial charge is 0.394 e. The van der Waals surface area contributed by atoms with Crippen molar-refractivity contribution in [2.75, 3.05) is 13.7 Å². The molecule has 20 heavy (non-hydrogen) atoms. The van der Waals surface area contributed by atoms with Crippen molar-refractivity contribution in [3.05, 3.63) is 71.3 Å². The maximum atomic E-state index is 9.58. The molecule has 0 aliphatic rings. The normalized spacial score (nSPS) is 12.3. The Labute approximate surface area is 120 Å². The molecule has 0 amide bonds. The number of rotatable bonds is 7. The second-order valence-electron chi connectivity index (χ2n) is 4.78. The van der Waals surface area contributed by atoms with Crippen LogP contribution in [0.5, 0.6) is 0 Å². The van der Waals surface area contributed by atoms with Crippen LogP contribution in [0.1, 0.15) is 22.7 Å². The van der Waals surface area contributed by atoms with Gasteiger partial charge in [0.25, 0.3) is 0 Å². The number of nitrogens with one attached hydrogen (secondary N) is 1. The highest BCUT2D eigenvalue weighted by atomic mass is 16.5. The molecule has 106 valence electrons. The van der Waals surface area contributed by atoms with Crippen LogP contribution in [0.15, 0.2) is 54.6 Å². The third-order valence-corrected chi connectivity index (χ3v) is 3.24. The Morgan fingerprint density at radius 3 is 2.50 bits per heavy atom. The van der Waals surface area contributed by atoms with Crippen LogP contribution >= 0.6 is 0 Å². The van der Waals surface area contributed by atoms with Gasteiger partial charge in [-0.05, 0) is 16.7 Å². The van der Waals surface area contributed by atoms with Gasteiger partial charge in [0.2, 0.25) is 0 Å². The Morgan fingerprint density at radius 2 is 1.80 bits per heavy atom. The first-order chi connectivity index (χ1) is 9.83. The van der Waals surface area contributed by atoms with Gasteiger partial charge in [-0.15, -0.1) is 0 Å². The van der Waals surface area contributed by atoms with Crippen LogP contribution in [0, 0.1) is 0 Å². The summed E-state index contributed by atoms with van der Waals surface area (Å²) in [5.74, 6) is 0. The number of aliphatic hydroxyl groups excluding tert-OH is 1. The Morgan fingerprint density at radius 1 is 1.05 bits per heavy atom. The number of ether oxygens (including phenoxy) is 1. The fourth-order valence-corrected chi connectivity index (χ4v) is 2.19. The van der Waals surface area contributed by atoms with Gasteiger partial charge in [0.05, 0.1) is 19.3 Å². The van der Waals surface area contributed by atoms with E-state index >= 15 is 0 Å². The molecule has 0 fully saturated rings. The summed E-state index contributed by atoms with van der Waals surface area (Å²) in [6.07, 6.45) is 0. The van der Waals surface area contributed by atoms with Crippen LogP contribution in [-0.4, -0.2) is 18.8 Å². The highest BCUT2D eigenvalue weighted by Gasteiger charge is 2.10. The topological polar surface area (TPSA) is 41.5 Å². The predicted molar refractivity (Wildman–Crippen MR) is 80.3 cm³/mol. The zero-order valence-corrected chi connectivity index (χ0v) is 11.8. The van der Waals surface area contributed by atoms with Crippen LogP contribution in [0.25, 0.3) is 0 Å². The van der Waals surface area contributed by atoms with Crippen molar-refractivity contribution in [2.45, 2.75) is 19.2 Å². The molecule has 1 atom stereocenters. The molecule has 3 nitrogen and oxygen atoms in total. The molecule has 2 rings (SSSR count). The Balaban J connectivity index is 2.02. The van der Waals surface area contributed by atoms with E-state index in [1.165, 1.54) is 5.56 Å². The van der Waals surface area contributed by atoms with Crippen LogP contribution in [0.3, 0.4) is 0 Å². The summed E-state index contributed by atoms with van der Waals surface area (Å²) in [5.41, 5.74) is 3.40. The number of hydrogen-bond donors (Lipinski definition) is 2. The second-order valence-corrected chi connectivity index (χ2v) is 4.78. The van der Waals surface area contributed by atoms with E-state index in [9.17, 15) is 5.11 Å². The molecule has 2 aromatic rings. The second kappa shape index (κ2) is 7.80. The van der Waals surface area contributed by atoms with Crippen molar-refractivity contribution in [3.63, 3.8) is 0 Å². The quantitative estimate of drug-likeness (QED) is 0.813. The lowest BCUT2D eigenvalue weighted by molar-refractivity contribution is 0.184. The SMILES string of the molecule is COCc1cccc(C(CO)NCc2ccccc2)c1. The Bertz CT molecular complexity index is 513. The first kappa shape index (κ1) is 14.7. The summed E-state index contributed by atoms with van der Waals surface area (Å²) in [4.78, 5) is 0. The molecule has 3 heteroatoms. The van der Waals surface area contributed by atoms with Crippen LogP contribution in [-0.2, 0) is 17.9 Å². The molecule has 0 saturated carbocycles. The summed E-state index contributed by atoms with van der Waals surface area (Å²) >= 11 is 0. The van der Waals surface area contributed by atoms with Gasteiger partial charge in [-0.1, -0.05) is 54.6 Å². The fraction of sp³-hybridized carbons (Fsp3) is 0.294. The van der Waals surface area contributed by atoms with E-state index in [2.05, 4.69) is 23.5 Å². The Hall–Kier alpha value is -1.68. The minimum absolute atomic E-state index is 0.0630. The zero-order valence-electron chi connectivity index (χ0n) is 11.8. The molecule has 2 N–H and O–H groups in total. The molecule has 0 aliphatic carbocycles. The van der Waals surface area contributed by atoms with Gasteiger partial charge >= 0.3 is 0 Å². The van der Waals surface area contributed by atoms with Gasteiger partial charge in [-0.25, -0.2) is 0 Å². The van der Waals surface area contributed by atoms with Crippen molar-refractivity contribution >= 4 is 0 Å². The van der Waals surface area contributed by atoms with E-state index in [1.807, 2.05) is 36.4 Å². The third-order valence-electron chi connectivity index (χ3n) is 3.24. The molecule has 0 radical (unpaired) electrons. The number of hydrogen-bond acceptors (Lipinski definition) is 3. The summed E-state index contributed by atoms with van der Waals surface area (Å²) in [6, 6.07) is 18.2. The van der Waals surface area contributed by atoms with E-state index in [4.69, 9.17) is 4.74 Å². The third kappa shape index (κ3) is 4.17. The van der Waals surface area contributed by atoms with Gasteiger partial charge in [0, 0.05) is 13.7 Å². The van der Waals surface area contributed by atoms with E-state index < -0.39 is 0 Å². The van der Waals surface area contributed by atoms with E-state index in [0.717, 1.165) is 17.7 Å². The van der Waals surface area contributed by atoms with E-state index in [0.29, 0.717) is 6.61 Å². The van der Waals surface area contributed by atoms with Gasteiger partial charge in [0.15, 0.2) is 0 Å². The summed E-state index contributed by atoms with van der Waals surface area (Å²) < 4.78 is 5.14.